The summed E-state index contributed by atoms with van der Waals surface area (Å²) in [6.45, 7) is 4.07. The van der Waals surface area contributed by atoms with Gasteiger partial charge >= 0.3 is 0 Å². The molecule has 0 aliphatic heterocycles. The maximum absolute atomic E-state index is 5.79. The van der Waals surface area contributed by atoms with E-state index in [1.807, 2.05) is 56.3 Å². The van der Waals surface area contributed by atoms with Gasteiger partial charge in [-0.25, -0.2) is 0 Å². The fourth-order valence-electron chi connectivity index (χ4n) is 1.63. The first-order chi connectivity index (χ1) is 7.77. The highest BCUT2D eigenvalue weighted by atomic mass is 16.5. The molecule has 0 aliphatic rings. The van der Waals surface area contributed by atoms with Crippen molar-refractivity contribution in [3.05, 3.63) is 54.6 Å². The fraction of sp³-hybridized carbons (Fsp3) is 0.200. The molecule has 0 heterocycles. The van der Waals surface area contributed by atoms with Crippen LogP contribution in [-0.4, -0.2) is 6.10 Å². The molecule has 0 saturated carbocycles. The number of hydrogen-bond donors (Lipinski definition) is 0. The highest BCUT2D eigenvalue weighted by Gasteiger charge is 2.06. The van der Waals surface area contributed by atoms with Gasteiger partial charge in [0.15, 0.2) is 0 Å². The second-order valence-electron chi connectivity index (χ2n) is 3.95. The first kappa shape index (κ1) is 10.7. The van der Waals surface area contributed by atoms with Crippen molar-refractivity contribution in [2.24, 2.45) is 0 Å². The second-order valence-corrected chi connectivity index (χ2v) is 3.95. The zero-order valence-electron chi connectivity index (χ0n) is 9.60. The summed E-state index contributed by atoms with van der Waals surface area (Å²) >= 11 is 0. The average molecular weight is 211 g/mol. The Morgan fingerprint density at radius 2 is 1.69 bits per heavy atom. The standard InChI is InChI=1S/C15H15O/c1-12(2)16-15-11-7-6-10-14(15)13-8-4-3-5-9-13/h4-12H,1-2H3. The van der Waals surface area contributed by atoms with Gasteiger partial charge < -0.3 is 4.74 Å². The molecule has 2 aromatic carbocycles. The summed E-state index contributed by atoms with van der Waals surface area (Å²) in [4.78, 5) is 0. The SMILES string of the molecule is CC(C)Oc1ccccc1-c1cc[c]cc1. The summed E-state index contributed by atoms with van der Waals surface area (Å²) in [5.74, 6) is 0.934. The molecular formula is C15H15O. The summed E-state index contributed by atoms with van der Waals surface area (Å²) in [6, 6.07) is 19.1. The molecule has 81 valence electrons. The van der Waals surface area contributed by atoms with Crippen LogP contribution in [0.15, 0.2) is 48.5 Å². The summed E-state index contributed by atoms with van der Waals surface area (Å²) in [7, 11) is 0. The Balaban J connectivity index is 2.41. The van der Waals surface area contributed by atoms with E-state index in [0.717, 1.165) is 16.9 Å². The average Bonchev–Trinajstić information content (AvgIpc) is 2.30. The Hall–Kier alpha value is -1.76. The summed E-state index contributed by atoms with van der Waals surface area (Å²) in [5, 5.41) is 0. The number of ether oxygens (including phenoxy) is 1. The molecule has 0 aliphatic carbocycles. The predicted octanol–water partition coefficient (Wildman–Crippen LogP) is 3.94. The van der Waals surface area contributed by atoms with E-state index < -0.39 is 0 Å². The van der Waals surface area contributed by atoms with Crippen molar-refractivity contribution in [2.75, 3.05) is 0 Å². The number of hydrogen-bond acceptors (Lipinski definition) is 1. The van der Waals surface area contributed by atoms with E-state index in [4.69, 9.17) is 4.74 Å². The number of para-hydroxylation sites is 1. The van der Waals surface area contributed by atoms with E-state index in [9.17, 15) is 0 Å². The quantitative estimate of drug-likeness (QED) is 0.747. The second kappa shape index (κ2) is 4.84. The molecule has 1 nitrogen and oxygen atoms in total. The van der Waals surface area contributed by atoms with Crippen LogP contribution in [0.4, 0.5) is 0 Å². The third-order valence-corrected chi connectivity index (χ3v) is 2.28. The van der Waals surface area contributed by atoms with Crippen LogP contribution in [0.3, 0.4) is 0 Å². The fourth-order valence-corrected chi connectivity index (χ4v) is 1.63. The van der Waals surface area contributed by atoms with Crippen molar-refractivity contribution >= 4 is 0 Å². The van der Waals surface area contributed by atoms with Crippen molar-refractivity contribution in [1.82, 2.24) is 0 Å². The highest BCUT2D eigenvalue weighted by Crippen LogP contribution is 2.29. The molecule has 0 N–H and O–H groups in total. The normalized spacial score (nSPS) is 10.4. The van der Waals surface area contributed by atoms with Gasteiger partial charge in [0.1, 0.15) is 5.75 Å². The van der Waals surface area contributed by atoms with Crippen LogP contribution < -0.4 is 4.74 Å². The lowest BCUT2D eigenvalue weighted by Gasteiger charge is -2.14. The minimum absolute atomic E-state index is 0.191. The van der Waals surface area contributed by atoms with Gasteiger partial charge in [-0.15, -0.1) is 0 Å². The molecule has 0 spiro atoms. The lowest BCUT2D eigenvalue weighted by Crippen LogP contribution is -2.06. The van der Waals surface area contributed by atoms with Crippen molar-refractivity contribution in [1.29, 1.82) is 0 Å². The van der Waals surface area contributed by atoms with Gasteiger partial charge in [-0.2, -0.15) is 0 Å². The van der Waals surface area contributed by atoms with E-state index in [-0.39, 0.29) is 6.10 Å². The Morgan fingerprint density at radius 1 is 1.00 bits per heavy atom. The zero-order chi connectivity index (χ0) is 11.4. The van der Waals surface area contributed by atoms with Crippen LogP contribution in [0.1, 0.15) is 13.8 Å². The molecule has 0 unspecified atom stereocenters. The Kier molecular flexibility index (Phi) is 3.25. The van der Waals surface area contributed by atoms with E-state index in [0.29, 0.717) is 0 Å². The van der Waals surface area contributed by atoms with E-state index in [1.54, 1.807) is 0 Å². The molecular weight excluding hydrogens is 196 g/mol. The molecule has 0 saturated heterocycles. The first-order valence-electron chi connectivity index (χ1n) is 5.49. The molecule has 0 bridgehead atoms. The van der Waals surface area contributed by atoms with Gasteiger partial charge in [-0.1, -0.05) is 42.5 Å². The number of benzene rings is 2. The Bertz CT molecular complexity index is 446. The monoisotopic (exact) mass is 211 g/mol. The van der Waals surface area contributed by atoms with E-state index in [2.05, 4.69) is 12.1 Å². The van der Waals surface area contributed by atoms with Gasteiger partial charge in [0.25, 0.3) is 0 Å². The summed E-state index contributed by atoms with van der Waals surface area (Å²) in [6.07, 6.45) is 0.191. The molecule has 16 heavy (non-hydrogen) atoms. The van der Waals surface area contributed by atoms with Gasteiger partial charge in [0.05, 0.1) is 6.10 Å². The molecule has 0 amide bonds. The van der Waals surface area contributed by atoms with Crippen LogP contribution in [0.5, 0.6) is 5.75 Å². The lowest BCUT2D eigenvalue weighted by molar-refractivity contribution is 0.243. The largest absolute Gasteiger partial charge is 0.490 e. The maximum Gasteiger partial charge on any atom is 0.127 e. The predicted molar refractivity (Wildman–Crippen MR) is 66.5 cm³/mol. The van der Waals surface area contributed by atoms with Gasteiger partial charge in [-0.3, -0.25) is 0 Å². The third-order valence-electron chi connectivity index (χ3n) is 2.28. The highest BCUT2D eigenvalue weighted by molar-refractivity contribution is 5.70. The van der Waals surface area contributed by atoms with Crippen LogP contribution in [0.2, 0.25) is 0 Å². The van der Waals surface area contributed by atoms with Crippen molar-refractivity contribution in [3.8, 4) is 16.9 Å². The first-order valence-corrected chi connectivity index (χ1v) is 5.49. The molecule has 0 atom stereocenters. The van der Waals surface area contributed by atoms with Gasteiger partial charge in [-0.05, 0) is 31.5 Å². The summed E-state index contributed by atoms with van der Waals surface area (Å²) < 4.78 is 5.79. The Labute approximate surface area is 96.7 Å². The Morgan fingerprint density at radius 3 is 2.38 bits per heavy atom. The minimum atomic E-state index is 0.191. The molecule has 1 radical (unpaired) electrons. The van der Waals surface area contributed by atoms with Crippen LogP contribution in [0, 0.1) is 6.07 Å². The topological polar surface area (TPSA) is 9.23 Å². The number of rotatable bonds is 3. The smallest absolute Gasteiger partial charge is 0.127 e. The van der Waals surface area contributed by atoms with Gasteiger partial charge in [0.2, 0.25) is 0 Å². The molecule has 2 rings (SSSR count). The van der Waals surface area contributed by atoms with Crippen LogP contribution in [-0.2, 0) is 0 Å². The lowest BCUT2D eigenvalue weighted by atomic mass is 10.0. The molecule has 0 fully saturated rings. The molecule has 2 aromatic rings. The minimum Gasteiger partial charge on any atom is -0.490 e. The van der Waals surface area contributed by atoms with E-state index >= 15 is 0 Å². The van der Waals surface area contributed by atoms with Crippen LogP contribution in [0.25, 0.3) is 11.1 Å². The zero-order valence-corrected chi connectivity index (χ0v) is 9.60. The van der Waals surface area contributed by atoms with Gasteiger partial charge in [0, 0.05) is 5.56 Å². The third kappa shape index (κ3) is 2.43. The van der Waals surface area contributed by atoms with Crippen LogP contribution >= 0.6 is 0 Å². The summed E-state index contributed by atoms with van der Waals surface area (Å²) in [5.41, 5.74) is 2.29. The van der Waals surface area contributed by atoms with Crippen molar-refractivity contribution in [3.63, 3.8) is 0 Å². The molecule has 1 heteroatoms. The maximum atomic E-state index is 5.79. The molecule has 0 aromatic heterocycles. The van der Waals surface area contributed by atoms with Crippen molar-refractivity contribution < 1.29 is 4.74 Å². The van der Waals surface area contributed by atoms with Crippen molar-refractivity contribution in [2.45, 2.75) is 20.0 Å². The van der Waals surface area contributed by atoms with E-state index in [1.165, 1.54) is 0 Å².